The van der Waals surface area contributed by atoms with E-state index in [-0.39, 0.29) is 11.5 Å². The molecule has 1 heterocycles. The van der Waals surface area contributed by atoms with Gasteiger partial charge in [-0.15, -0.1) is 0 Å². The molecule has 0 bridgehead atoms. The molecular weight excluding hydrogens is 522 g/mol. The number of rotatable bonds is 7. The molecule has 0 unspecified atom stereocenters. The van der Waals surface area contributed by atoms with Gasteiger partial charge in [-0.1, -0.05) is 82.3 Å². The summed E-state index contributed by atoms with van der Waals surface area (Å²) in [6, 6.07) is 27.1. The second-order valence-electron chi connectivity index (χ2n) is 8.17. The number of hydrogen-bond acceptors (Lipinski definition) is 4. The summed E-state index contributed by atoms with van der Waals surface area (Å²) in [4.78, 5) is 28.1. The Kier molecular flexibility index (Phi) is 8.06. The van der Waals surface area contributed by atoms with Crippen LogP contribution in [-0.2, 0) is 22.4 Å². The van der Waals surface area contributed by atoms with Crippen LogP contribution in [0.25, 0.3) is 0 Å². The number of halogens is 1. The van der Waals surface area contributed by atoms with Gasteiger partial charge in [0.25, 0.3) is 5.91 Å². The quantitative estimate of drug-likeness (QED) is 0.312. The molecule has 0 aromatic heterocycles. The van der Waals surface area contributed by atoms with E-state index in [4.69, 9.17) is 0 Å². The summed E-state index contributed by atoms with van der Waals surface area (Å²) in [5.41, 5.74) is 3.84. The molecule has 3 aromatic carbocycles. The molecule has 1 atom stereocenters. The van der Waals surface area contributed by atoms with Crippen LogP contribution in [-0.4, -0.2) is 23.6 Å². The van der Waals surface area contributed by atoms with Crippen molar-refractivity contribution in [3.63, 3.8) is 0 Å². The molecule has 35 heavy (non-hydrogen) atoms. The zero-order valence-electron chi connectivity index (χ0n) is 19.2. The topological polar surface area (TPSA) is 73.2 Å². The third-order valence-electron chi connectivity index (χ3n) is 5.80. The fourth-order valence-corrected chi connectivity index (χ4v) is 5.46. The van der Waals surface area contributed by atoms with E-state index in [9.17, 15) is 14.9 Å². The van der Waals surface area contributed by atoms with Gasteiger partial charge in [0, 0.05) is 16.7 Å². The number of carbonyl (C=O) groups is 2. The summed E-state index contributed by atoms with van der Waals surface area (Å²) in [7, 11) is 0. The summed E-state index contributed by atoms with van der Waals surface area (Å²) >= 11 is 4.71. The van der Waals surface area contributed by atoms with Crippen LogP contribution in [0, 0.1) is 18.3 Å². The van der Waals surface area contributed by atoms with E-state index in [2.05, 4.69) is 27.3 Å². The highest BCUT2D eigenvalue weighted by molar-refractivity contribution is 9.10. The fourth-order valence-electron chi connectivity index (χ4n) is 3.90. The highest BCUT2D eigenvalue weighted by Gasteiger charge is 2.40. The minimum atomic E-state index is -0.475. The lowest BCUT2D eigenvalue weighted by Crippen LogP contribution is -2.32. The van der Waals surface area contributed by atoms with E-state index >= 15 is 0 Å². The third-order valence-corrected chi connectivity index (χ3v) is 7.59. The Labute approximate surface area is 218 Å². The Bertz CT molecular complexity index is 1300. The van der Waals surface area contributed by atoms with Crippen LogP contribution in [0.2, 0.25) is 0 Å². The van der Waals surface area contributed by atoms with Gasteiger partial charge >= 0.3 is 0 Å². The lowest BCUT2D eigenvalue weighted by molar-refractivity contribution is -0.117. The van der Waals surface area contributed by atoms with Crippen molar-refractivity contribution in [2.75, 3.05) is 11.4 Å². The number of benzene rings is 3. The van der Waals surface area contributed by atoms with Crippen molar-refractivity contribution in [2.45, 2.75) is 25.0 Å². The Hall–Kier alpha value is -3.34. The van der Waals surface area contributed by atoms with Crippen LogP contribution in [0.3, 0.4) is 0 Å². The fraction of sp³-hybridized carbons (Fsp3) is 0.179. The molecule has 1 aliphatic rings. The number of thioether (sulfide) groups is 1. The van der Waals surface area contributed by atoms with Gasteiger partial charge in [0.05, 0.1) is 5.25 Å². The second kappa shape index (κ2) is 11.4. The maximum Gasteiger partial charge on any atom is 0.264 e. The van der Waals surface area contributed by atoms with Crippen LogP contribution < -0.4 is 10.2 Å². The molecule has 0 aliphatic carbocycles. The van der Waals surface area contributed by atoms with E-state index in [1.54, 1.807) is 12.1 Å². The smallest absolute Gasteiger partial charge is 0.264 e. The van der Waals surface area contributed by atoms with Crippen LogP contribution in [0.4, 0.5) is 5.69 Å². The number of nitrogens with one attached hydrogen (secondary N) is 1. The molecule has 2 amide bonds. The summed E-state index contributed by atoms with van der Waals surface area (Å²) in [6.07, 6.45) is 1.17. The maximum absolute atomic E-state index is 13.6. The average Bonchev–Trinajstić information content (AvgIpc) is 3.17. The molecule has 0 spiro atoms. The summed E-state index contributed by atoms with van der Waals surface area (Å²) < 4.78 is 0.877. The lowest BCUT2D eigenvalue weighted by Gasteiger charge is -2.19. The molecule has 7 heteroatoms. The zero-order valence-corrected chi connectivity index (χ0v) is 21.6. The number of nitriles is 1. The van der Waals surface area contributed by atoms with Crippen molar-refractivity contribution in [3.8, 4) is 6.07 Å². The van der Waals surface area contributed by atoms with E-state index in [0.717, 1.165) is 21.2 Å². The van der Waals surface area contributed by atoms with Crippen molar-refractivity contribution in [3.05, 3.63) is 111 Å². The molecule has 1 fully saturated rings. The summed E-state index contributed by atoms with van der Waals surface area (Å²) in [5.74, 6) is -0.613. The number of aryl methyl sites for hydroxylation is 1. The standard InChI is InChI=1S/C28H24BrN3O2S/c1-19-7-5-6-10-21(19)17-25-27(34)32(23-13-11-22(29)12-14-23)28(35-25)24(18-30)26(33)31-16-15-20-8-3-2-4-9-20/h2-14,25H,15-17H2,1H3,(H,31,33)/b28-24-/t25-/m0/s1. The van der Waals surface area contributed by atoms with Crippen LogP contribution in [0.5, 0.6) is 0 Å². The van der Waals surface area contributed by atoms with Crippen LogP contribution in [0.15, 0.2) is 93.9 Å². The predicted octanol–water partition coefficient (Wildman–Crippen LogP) is 5.54. The van der Waals surface area contributed by atoms with Gasteiger partial charge in [0.1, 0.15) is 16.7 Å². The van der Waals surface area contributed by atoms with Gasteiger partial charge in [0.2, 0.25) is 5.91 Å². The Morgan fingerprint density at radius 1 is 1.06 bits per heavy atom. The van der Waals surface area contributed by atoms with E-state index < -0.39 is 11.2 Å². The minimum Gasteiger partial charge on any atom is -0.351 e. The predicted molar refractivity (Wildman–Crippen MR) is 144 cm³/mol. The monoisotopic (exact) mass is 545 g/mol. The SMILES string of the molecule is Cc1ccccc1C[C@@H]1S/C(=C(/C#N)C(=O)NCCc2ccccc2)N(c2ccc(Br)cc2)C1=O. The summed E-state index contributed by atoms with van der Waals surface area (Å²) in [6.45, 7) is 2.41. The zero-order chi connectivity index (χ0) is 24.8. The highest BCUT2D eigenvalue weighted by atomic mass is 79.9. The lowest BCUT2D eigenvalue weighted by atomic mass is 10.0. The molecule has 3 aromatic rings. The largest absolute Gasteiger partial charge is 0.351 e. The Morgan fingerprint density at radius 2 is 1.74 bits per heavy atom. The van der Waals surface area contributed by atoms with E-state index in [1.165, 1.54) is 16.7 Å². The highest BCUT2D eigenvalue weighted by Crippen LogP contribution is 2.42. The Balaban J connectivity index is 1.62. The molecular formula is C28H24BrN3O2S. The van der Waals surface area contributed by atoms with Crippen molar-refractivity contribution >= 4 is 45.2 Å². The maximum atomic E-state index is 13.6. The van der Waals surface area contributed by atoms with Crippen molar-refractivity contribution in [1.29, 1.82) is 5.26 Å². The molecule has 1 aliphatic heterocycles. The molecule has 0 saturated carbocycles. The van der Waals surface area contributed by atoms with Gasteiger partial charge in [-0.3, -0.25) is 14.5 Å². The van der Waals surface area contributed by atoms with Gasteiger partial charge in [0.15, 0.2) is 0 Å². The first-order chi connectivity index (χ1) is 17.0. The van der Waals surface area contributed by atoms with E-state index in [0.29, 0.717) is 30.1 Å². The molecule has 0 radical (unpaired) electrons. The van der Waals surface area contributed by atoms with Crippen molar-refractivity contribution in [2.24, 2.45) is 0 Å². The molecule has 1 N–H and O–H groups in total. The first-order valence-electron chi connectivity index (χ1n) is 11.2. The molecule has 5 nitrogen and oxygen atoms in total. The number of carbonyl (C=O) groups excluding carboxylic acids is 2. The second-order valence-corrected chi connectivity index (χ2v) is 10.3. The Morgan fingerprint density at radius 3 is 2.43 bits per heavy atom. The average molecular weight is 546 g/mol. The third kappa shape index (κ3) is 5.84. The molecule has 4 rings (SSSR count). The normalized spacial score (nSPS) is 16.7. The summed E-state index contributed by atoms with van der Waals surface area (Å²) in [5, 5.41) is 12.7. The number of anilines is 1. The van der Waals surface area contributed by atoms with Gasteiger partial charge in [-0.05, 0) is 60.7 Å². The van der Waals surface area contributed by atoms with Gasteiger partial charge < -0.3 is 5.32 Å². The number of amides is 2. The van der Waals surface area contributed by atoms with Crippen molar-refractivity contribution < 1.29 is 9.59 Å². The van der Waals surface area contributed by atoms with Gasteiger partial charge in [-0.2, -0.15) is 5.26 Å². The molecule has 176 valence electrons. The minimum absolute atomic E-state index is 0.0494. The first kappa shape index (κ1) is 24.8. The van der Waals surface area contributed by atoms with E-state index in [1.807, 2.05) is 73.7 Å². The first-order valence-corrected chi connectivity index (χ1v) is 12.9. The van der Waals surface area contributed by atoms with Crippen LogP contribution >= 0.6 is 27.7 Å². The van der Waals surface area contributed by atoms with Gasteiger partial charge in [-0.25, -0.2) is 0 Å². The molecule has 1 saturated heterocycles. The van der Waals surface area contributed by atoms with Crippen molar-refractivity contribution in [1.82, 2.24) is 5.32 Å². The van der Waals surface area contributed by atoms with Crippen LogP contribution in [0.1, 0.15) is 16.7 Å². The number of nitrogens with zero attached hydrogens (tertiary/aromatic N) is 2. The number of hydrogen-bond donors (Lipinski definition) is 1.